The van der Waals surface area contributed by atoms with Crippen LogP contribution in [0.3, 0.4) is 0 Å². The Bertz CT molecular complexity index is 185. The molecule has 13 heavy (non-hydrogen) atoms. The molecule has 0 unspecified atom stereocenters. The van der Waals surface area contributed by atoms with Crippen LogP contribution in [0.4, 0.5) is 0 Å². The molecule has 0 aromatic heterocycles. The SMILES string of the molecule is C=CCCCC(=O)CC(=O)OCC. The van der Waals surface area contributed by atoms with E-state index in [-0.39, 0.29) is 12.2 Å². The molecule has 3 nitrogen and oxygen atoms in total. The fourth-order valence-corrected chi connectivity index (χ4v) is 0.905. The van der Waals surface area contributed by atoms with E-state index >= 15 is 0 Å². The summed E-state index contributed by atoms with van der Waals surface area (Å²) in [4.78, 5) is 21.9. The highest BCUT2D eigenvalue weighted by atomic mass is 16.5. The minimum Gasteiger partial charge on any atom is -0.466 e. The molecule has 74 valence electrons. The van der Waals surface area contributed by atoms with Crippen LogP contribution in [-0.2, 0) is 14.3 Å². The second-order valence-corrected chi connectivity index (χ2v) is 2.70. The van der Waals surface area contributed by atoms with Crippen LogP contribution in [0.25, 0.3) is 0 Å². The Balaban J connectivity index is 3.49. The standard InChI is InChI=1S/C10H16O3/c1-3-5-6-7-9(11)8-10(12)13-4-2/h3H,1,4-8H2,2H3. The first-order valence-corrected chi connectivity index (χ1v) is 4.49. The lowest BCUT2D eigenvalue weighted by Gasteiger charge is -2.00. The first-order valence-electron chi connectivity index (χ1n) is 4.49. The van der Waals surface area contributed by atoms with Crippen molar-refractivity contribution in [1.29, 1.82) is 0 Å². The summed E-state index contributed by atoms with van der Waals surface area (Å²) in [7, 11) is 0. The zero-order valence-corrected chi connectivity index (χ0v) is 8.04. The number of ketones is 1. The highest BCUT2D eigenvalue weighted by molar-refractivity contribution is 5.95. The van der Waals surface area contributed by atoms with Gasteiger partial charge in [-0.15, -0.1) is 6.58 Å². The van der Waals surface area contributed by atoms with E-state index in [1.807, 2.05) is 0 Å². The van der Waals surface area contributed by atoms with Crippen molar-refractivity contribution in [2.45, 2.75) is 32.6 Å². The molecule has 0 rings (SSSR count). The number of ether oxygens (including phenoxy) is 1. The van der Waals surface area contributed by atoms with Gasteiger partial charge in [0.25, 0.3) is 0 Å². The molecule has 0 heterocycles. The van der Waals surface area contributed by atoms with Gasteiger partial charge >= 0.3 is 5.97 Å². The maximum atomic E-state index is 11.1. The monoisotopic (exact) mass is 184 g/mol. The molecule has 0 aliphatic heterocycles. The van der Waals surface area contributed by atoms with Gasteiger partial charge in [-0.2, -0.15) is 0 Å². The number of carbonyl (C=O) groups excluding carboxylic acids is 2. The maximum absolute atomic E-state index is 11.1. The van der Waals surface area contributed by atoms with Gasteiger partial charge in [-0.05, 0) is 19.8 Å². The minimum atomic E-state index is -0.425. The van der Waals surface area contributed by atoms with E-state index in [9.17, 15) is 9.59 Å². The summed E-state index contributed by atoms with van der Waals surface area (Å²) >= 11 is 0. The van der Waals surface area contributed by atoms with E-state index < -0.39 is 5.97 Å². The van der Waals surface area contributed by atoms with E-state index in [2.05, 4.69) is 11.3 Å². The minimum absolute atomic E-state index is 0.0553. The molecule has 3 heteroatoms. The lowest BCUT2D eigenvalue weighted by molar-refractivity contribution is -0.145. The second kappa shape index (κ2) is 7.53. The van der Waals surface area contributed by atoms with Crippen LogP contribution in [0.2, 0.25) is 0 Å². The summed E-state index contributed by atoms with van der Waals surface area (Å²) in [6.45, 7) is 5.60. The van der Waals surface area contributed by atoms with Crippen molar-refractivity contribution in [3.05, 3.63) is 12.7 Å². The number of unbranched alkanes of at least 4 members (excludes halogenated alkanes) is 1. The zero-order valence-electron chi connectivity index (χ0n) is 8.04. The number of allylic oxidation sites excluding steroid dienone is 1. The Morgan fingerprint density at radius 2 is 2.15 bits per heavy atom. The third-order valence-electron chi connectivity index (χ3n) is 1.51. The van der Waals surface area contributed by atoms with Gasteiger partial charge < -0.3 is 4.74 Å². The van der Waals surface area contributed by atoms with Gasteiger partial charge in [0.1, 0.15) is 12.2 Å². The molecule has 0 saturated carbocycles. The normalized spacial score (nSPS) is 9.31. The van der Waals surface area contributed by atoms with Gasteiger partial charge in [0.15, 0.2) is 0 Å². The van der Waals surface area contributed by atoms with Crippen molar-refractivity contribution in [3.8, 4) is 0 Å². The van der Waals surface area contributed by atoms with Crippen molar-refractivity contribution in [3.63, 3.8) is 0 Å². The summed E-state index contributed by atoms with van der Waals surface area (Å²) in [5.41, 5.74) is 0. The maximum Gasteiger partial charge on any atom is 0.313 e. The number of hydrogen-bond acceptors (Lipinski definition) is 3. The van der Waals surface area contributed by atoms with E-state index in [1.165, 1.54) is 0 Å². The molecule has 0 N–H and O–H groups in total. The predicted octanol–water partition coefficient (Wildman–Crippen LogP) is 1.86. The fourth-order valence-electron chi connectivity index (χ4n) is 0.905. The molecule has 0 bridgehead atoms. The molecule has 0 atom stereocenters. The van der Waals surface area contributed by atoms with Gasteiger partial charge in [-0.25, -0.2) is 0 Å². The molecule has 0 saturated heterocycles. The number of carbonyl (C=O) groups is 2. The molecule has 0 aromatic carbocycles. The topological polar surface area (TPSA) is 43.4 Å². The van der Waals surface area contributed by atoms with Gasteiger partial charge in [0, 0.05) is 6.42 Å². The van der Waals surface area contributed by atoms with Gasteiger partial charge in [0.05, 0.1) is 6.61 Å². The number of Topliss-reactive ketones (excluding diaryl/α,β-unsaturated/α-hetero) is 1. The van der Waals surface area contributed by atoms with E-state index in [0.29, 0.717) is 13.0 Å². The molecule has 0 aliphatic carbocycles. The van der Waals surface area contributed by atoms with Gasteiger partial charge in [0.2, 0.25) is 0 Å². The summed E-state index contributed by atoms with van der Waals surface area (Å²) in [6, 6.07) is 0. The Labute approximate surface area is 78.8 Å². The Morgan fingerprint density at radius 1 is 1.46 bits per heavy atom. The van der Waals surface area contributed by atoms with Crippen LogP contribution in [0.15, 0.2) is 12.7 Å². The number of rotatable bonds is 7. The lowest BCUT2D eigenvalue weighted by atomic mass is 10.1. The quantitative estimate of drug-likeness (QED) is 0.262. The van der Waals surface area contributed by atoms with Gasteiger partial charge in [-0.3, -0.25) is 9.59 Å². The average Bonchev–Trinajstić information content (AvgIpc) is 2.05. The Morgan fingerprint density at radius 3 is 2.69 bits per heavy atom. The smallest absolute Gasteiger partial charge is 0.313 e. The average molecular weight is 184 g/mol. The molecule has 0 aliphatic rings. The zero-order chi connectivity index (χ0) is 10.1. The predicted molar refractivity (Wildman–Crippen MR) is 50.3 cm³/mol. The van der Waals surface area contributed by atoms with Crippen LogP contribution < -0.4 is 0 Å². The Hall–Kier alpha value is -1.12. The highest BCUT2D eigenvalue weighted by Gasteiger charge is 2.08. The van der Waals surface area contributed by atoms with Crippen molar-refractivity contribution >= 4 is 11.8 Å². The van der Waals surface area contributed by atoms with Crippen LogP contribution >= 0.6 is 0 Å². The number of esters is 1. The van der Waals surface area contributed by atoms with E-state index in [1.54, 1.807) is 13.0 Å². The van der Waals surface area contributed by atoms with E-state index in [0.717, 1.165) is 12.8 Å². The Kier molecular flexibility index (Phi) is 6.88. The third-order valence-corrected chi connectivity index (χ3v) is 1.51. The fraction of sp³-hybridized carbons (Fsp3) is 0.600. The lowest BCUT2D eigenvalue weighted by Crippen LogP contribution is -2.10. The van der Waals surface area contributed by atoms with E-state index in [4.69, 9.17) is 0 Å². The molecule has 0 aromatic rings. The summed E-state index contributed by atoms with van der Waals surface area (Å²) in [5, 5.41) is 0. The first-order chi connectivity index (χ1) is 6.20. The van der Waals surface area contributed by atoms with Crippen molar-refractivity contribution in [2.24, 2.45) is 0 Å². The summed E-state index contributed by atoms with van der Waals surface area (Å²) in [5.74, 6) is -0.480. The second-order valence-electron chi connectivity index (χ2n) is 2.70. The first kappa shape index (κ1) is 11.9. The third kappa shape index (κ3) is 7.25. The van der Waals surface area contributed by atoms with Crippen LogP contribution in [0, 0.1) is 0 Å². The largest absolute Gasteiger partial charge is 0.466 e. The van der Waals surface area contributed by atoms with Crippen LogP contribution in [-0.4, -0.2) is 18.4 Å². The molecular formula is C10H16O3. The van der Waals surface area contributed by atoms with Crippen LogP contribution in [0.5, 0.6) is 0 Å². The van der Waals surface area contributed by atoms with Crippen molar-refractivity contribution < 1.29 is 14.3 Å². The van der Waals surface area contributed by atoms with Gasteiger partial charge in [-0.1, -0.05) is 6.08 Å². The number of hydrogen-bond donors (Lipinski definition) is 0. The highest BCUT2D eigenvalue weighted by Crippen LogP contribution is 2.00. The molecule has 0 radical (unpaired) electrons. The molecule has 0 spiro atoms. The molecular weight excluding hydrogens is 168 g/mol. The van der Waals surface area contributed by atoms with Crippen molar-refractivity contribution in [2.75, 3.05) is 6.61 Å². The summed E-state index contributed by atoms with van der Waals surface area (Å²) in [6.07, 6.45) is 3.68. The molecule has 0 amide bonds. The van der Waals surface area contributed by atoms with Crippen molar-refractivity contribution in [1.82, 2.24) is 0 Å². The summed E-state index contributed by atoms with van der Waals surface area (Å²) < 4.78 is 4.64. The molecule has 0 fully saturated rings. The van der Waals surface area contributed by atoms with Crippen LogP contribution in [0.1, 0.15) is 32.6 Å².